The average molecular weight is 284 g/mol. The van der Waals surface area contributed by atoms with Crippen LogP contribution in [0.2, 0.25) is 0 Å². The van der Waals surface area contributed by atoms with Gasteiger partial charge in [0.15, 0.2) is 0 Å². The van der Waals surface area contributed by atoms with Gasteiger partial charge >= 0.3 is 5.69 Å². The summed E-state index contributed by atoms with van der Waals surface area (Å²) in [5, 5.41) is 13.1. The topological polar surface area (TPSA) is 72.2 Å². The lowest BCUT2D eigenvalue weighted by Crippen LogP contribution is -2.45. The molecule has 1 N–H and O–H groups in total. The van der Waals surface area contributed by atoms with Crippen LogP contribution in [0, 0.1) is 27.7 Å². The Morgan fingerprint density at radius 1 is 1.35 bits per heavy atom. The second-order valence-electron chi connectivity index (χ2n) is 5.49. The second-order valence-corrected chi connectivity index (χ2v) is 5.49. The highest BCUT2D eigenvalue weighted by Gasteiger charge is 2.39. The van der Waals surface area contributed by atoms with Crippen LogP contribution in [0.1, 0.15) is 37.0 Å². The quantitative estimate of drug-likeness (QED) is 0.682. The van der Waals surface area contributed by atoms with E-state index >= 15 is 0 Å². The summed E-state index contributed by atoms with van der Waals surface area (Å²) >= 11 is 0. The van der Waals surface area contributed by atoms with E-state index in [2.05, 4.69) is 5.32 Å². The molecule has 0 unspecified atom stereocenters. The molecule has 1 fully saturated rings. The van der Waals surface area contributed by atoms with Crippen molar-refractivity contribution in [2.45, 2.75) is 32.2 Å². The molecule has 1 amide bonds. The third kappa shape index (κ3) is 2.76. The molecule has 0 radical (unpaired) electrons. The lowest BCUT2D eigenvalue weighted by molar-refractivity contribution is -0.387. The lowest BCUT2D eigenvalue weighted by atomic mass is 9.98. The molecule has 1 aliphatic carbocycles. The van der Waals surface area contributed by atoms with E-state index in [0.717, 1.165) is 12.8 Å². The van der Waals surface area contributed by atoms with Crippen molar-refractivity contribution in [2.75, 3.05) is 0 Å². The molecule has 1 aromatic rings. The summed E-state index contributed by atoms with van der Waals surface area (Å²) in [6, 6.07) is 0.986. The van der Waals surface area contributed by atoms with Crippen LogP contribution in [0.25, 0.3) is 0 Å². The molecule has 5 nitrogen and oxygen atoms in total. The molecule has 1 saturated carbocycles. The maximum Gasteiger partial charge on any atom is 0.307 e. The summed E-state index contributed by atoms with van der Waals surface area (Å²) in [6.45, 7) is 3.62. The number of nitrogens with zero attached hydrogens (tertiary/aromatic N) is 1. The molecule has 0 heterocycles. The first-order valence-electron chi connectivity index (χ1n) is 6.18. The Bertz CT molecular complexity index is 583. The summed E-state index contributed by atoms with van der Waals surface area (Å²) in [4.78, 5) is 21.4. The van der Waals surface area contributed by atoms with Crippen molar-refractivity contribution in [1.82, 2.24) is 5.32 Å². The van der Waals surface area contributed by atoms with Crippen LogP contribution in [0.15, 0.2) is 12.1 Å². The predicted octanol–water partition coefficient (Wildman–Crippen LogP) is 2.79. The standard InChI is InChI=1S/C13H14F2N2O3/c1-13(2,7-3-4-7)16-12(18)8-5-10(15)11(17(19)20)6-9(8)14/h5-7H,3-4H2,1-2H3,(H,16,18). The fraction of sp³-hybridized carbons (Fsp3) is 0.462. The van der Waals surface area contributed by atoms with Crippen LogP contribution in [-0.2, 0) is 0 Å². The number of rotatable bonds is 4. The normalized spacial score (nSPS) is 15.0. The number of carbonyl (C=O) groups is 1. The maximum absolute atomic E-state index is 13.7. The Hall–Kier alpha value is -2.05. The van der Waals surface area contributed by atoms with Gasteiger partial charge in [0.1, 0.15) is 5.82 Å². The first-order chi connectivity index (χ1) is 9.22. The molecule has 0 aliphatic heterocycles. The zero-order valence-electron chi connectivity index (χ0n) is 11.1. The van der Waals surface area contributed by atoms with Crippen LogP contribution in [0.5, 0.6) is 0 Å². The number of nitro benzene ring substituents is 1. The predicted molar refractivity (Wildman–Crippen MR) is 67.3 cm³/mol. The van der Waals surface area contributed by atoms with Crippen molar-refractivity contribution in [3.8, 4) is 0 Å². The van der Waals surface area contributed by atoms with Gasteiger partial charge in [0.2, 0.25) is 5.82 Å². The van der Waals surface area contributed by atoms with Crippen LogP contribution >= 0.6 is 0 Å². The van der Waals surface area contributed by atoms with Gasteiger partial charge in [-0.05, 0) is 38.7 Å². The minimum Gasteiger partial charge on any atom is -0.347 e. The highest BCUT2D eigenvalue weighted by Crippen LogP contribution is 2.39. The summed E-state index contributed by atoms with van der Waals surface area (Å²) in [5.74, 6) is -2.79. The molecule has 1 aliphatic rings. The minimum absolute atomic E-state index is 0.317. The SMILES string of the molecule is CC(C)(NC(=O)c1cc(F)c([N+](=O)[O-])cc1F)C1CC1. The molecular weight excluding hydrogens is 270 g/mol. The van der Waals surface area contributed by atoms with Gasteiger partial charge in [-0.3, -0.25) is 14.9 Å². The molecule has 0 saturated heterocycles. The Balaban J connectivity index is 2.26. The number of hydrogen-bond donors (Lipinski definition) is 1. The second kappa shape index (κ2) is 4.81. The Morgan fingerprint density at radius 2 is 1.95 bits per heavy atom. The summed E-state index contributed by atoms with van der Waals surface area (Å²) in [6.07, 6.45) is 1.95. The van der Waals surface area contributed by atoms with Crippen LogP contribution in [0.4, 0.5) is 14.5 Å². The zero-order valence-corrected chi connectivity index (χ0v) is 11.1. The number of amides is 1. The summed E-state index contributed by atoms with van der Waals surface area (Å²) in [7, 11) is 0. The van der Waals surface area contributed by atoms with Gasteiger partial charge in [-0.2, -0.15) is 4.39 Å². The minimum atomic E-state index is -1.23. The van der Waals surface area contributed by atoms with Crippen molar-refractivity contribution in [2.24, 2.45) is 5.92 Å². The molecule has 108 valence electrons. The van der Waals surface area contributed by atoms with Crippen LogP contribution in [0.3, 0.4) is 0 Å². The van der Waals surface area contributed by atoms with Crippen molar-refractivity contribution in [3.05, 3.63) is 39.4 Å². The Kier molecular flexibility index (Phi) is 3.45. The fourth-order valence-electron chi connectivity index (χ4n) is 2.12. The molecule has 0 atom stereocenters. The van der Waals surface area contributed by atoms with E-state index in [1.807, 2.05) is 13.8 Å². The van der Waals surface area contributed by atoms with Crippen molar-refractivity contribution < 1.29 is 18.5 Å². The smallest absolute Gasteiger partial charge is 0.307 e. The van der Waals surface area contributed by atoms with Crippen molar-refractivity contribution in [1.29, 1.82) is 0 Å². The zero-order chi connectivity index (χ0) is 15.1. The molecule has 0 aromatic heterocycles. The summed E-state index contributed by atoms with van der Waals surface area (Å²) < 4.78 is 27.2. The van der Waals surface area contributed by atoms with Gasteiger partial charge in [0.25, 0.3) is 5.91 Å². The van der Waals surface area contributed by atoms with E-state index in [1.165, 1.54) is 0 Å². The Morgan fingerprint density at radius 3 is 2.45 bits per heavy atom. The molecule has 2 rings (SSSR count). The van der Waals surface area contributed by atoms with Gasteiger partial charge in [-0.25, -0.2) is 4.39 Å². The number of nitrogens with one attached hydrogen (secondary N) is 1. The van der Waals surface area contributed by atoms with Gasteiger partial charge in [0.05, 0.1) is 16.6 Å². The van der Waals surface area contributed by atoms with Gasteiger partial charge in [0, 0.05) is 5.54 Å². The van der Waals surface area contributed by atoms with E-state index in [9.17, 15) is 23.7 Å². The fourth-order valence-corrected chi connectivity index (χ4v) is 2.12. The number of hydrogen-bond acceptors (Lipinski definition) is 3. The van der Waals surface area contributed by atoms with Crippen LogP contribution < -0.4 is 5.32 Å². The largest absolute Gasteiger partial charge is 0.347 e. The number of halogens is 2. The number of benzene rings is 1. The highest BCUT2D eigenvalue weighted by atomic mass is 19.1. The van der Waals surface area contributed by atoms with Crippen LogP contribution in [-0.4, -0.2) is 16.4 Å². The van der Waals surface area contributed by atoms with Gasteiger partial charge < -0.3 is 5.32 Å². The first kappa shape index (κ1) is 14.4. The van der Waals surface area contributed by atoms with E-state index in [4.69, 9.17) is 0 Å². The third-order valence-electron chi connectivity index (χ3n) is 3.51. The van der Waals surface area contributed by atoms with Crippen molar-refractivity contribution in [3.63, 3.8) is 0 Å². The number of carbonyl (C=O) groups excluding carboxylic acids is 1. The van der Waals surface area contributed by atoms with E-state index in [0.29, 0.717) is 18.1 Å². The average Bonchev–Trinajstić information content (AvgIpc) is 3.14. The van der Waals surface area contributed by atoms with Gasteiger partial charge in [-0.1, -0.05) is 0 Å². The molecule has 1 aromatic carbocycles. The molecule has 0 spiro atoms. The number of nitro groups is 1. The molecule has 0 bridgehead atoms. The molecule has 7 heteroatoms. The van der Waals surface area contributed by atoms with Gasteiger partial charge in [-0.15, -0.1) is 0 Å². The molecular formula is C13H14F2N2O3. The summed E-state index contributed by atoms with van der Waals surface area (Å²) in [5.41, 5.74) is -2.02. The molecule has 20 heavy (non-hydrogen) atoms. The lowest BCUT2D eigenvalue weighted by Gasteiger charge is -2.26. The van der Waals surface area contributed by atoms with E-state index in [-0.39, 0.29) is 0 Å². The third-order valence-corrected chi connectivity index (χ3v) is 3.51. The van der Waals surface area contributed by atoms with E-state index < -0.39 is 39.3 Å². The Labute approximate surface area is 114 Å². The highest BCUT2D eigenvalue weighted by molar-refractivity contribution is 5.95. The van der Waals surface area contributed by atoms with E-state index in [1.54, 1.807) is 0 Å². The monoisotopic (exact) mass is 284 g/mol. The van der Waals surface area contributed by atoms with Crippen molar-refractivity contribution >= 4 is 11.6 Å². The first-order valence-corrected chi connectivity index (χ1v) is 6.18. The maximum atomic E-state index is 13.7.